The van der Waals surface area contributed by atoms with Crippen LogP contribution in [0.15, 0.2) is 42.6 Å². The van der Waals surface area contributed by atoms with E-state index >= 15 is 0 Å². The van der Waals surface area contributed by atoms with Gasteiger partial charge in [-0.1, -0.05) is 44.2 Å². The summed E-state index contributed by atoms with van der Waals surface area (Å²) in [6, 6.07) is 9.39. The van der Waals surface area contributed by atoms with Gasteiger partial charge in [-0.15, -0.1) is 0 Å². The quantitative estimate of drug-likeness (QED) is 0.778. The molecule has 3 nitrogen and oxygen atoms in total. The maximum atomic E-state index is 12.2. The maximum Gasteiger partial charge on any atom is 0.182 e. The van der Waals surface area contributed by atoms with E-state index in [1.54, 1.807) is 12.3 Å². The van der Waals surface area contributed by atoms with Gasteiger partial charge in [-0.25, -0.2) is 0 Å². The molecule has 0 amide bonds. The summed E-state index contributed by atoms with van der Waals surface area (Å²) in [6.07, 6.45) is 3.82. The Morgan fingerprint density at radius 3 is 2.63 bits per heavy atom. The van der Waals surface area contributed by atoms with Gasteiger partial charge in [0.2, 0.25) is 0 Å². The molecule has 1 heterocycles. The Hall–Kier alpha value is -1.90. The van der Waals surface area contributed by atoms with Crippen LogP contribution in [-0.4, -0.2) is 29.1 Å². The first-order chi connectivity index (χ1) is 9.08. The lowest BCUT2D eigenvalue weighted by Crippen LogP contribution is -2.42. The Bertz CT molecular complexity index is 491. The predicted octanol–water partition coefficient (Wildman–Crippen LogP) is 2.68. The zero-order valence-electron chi connectivity index (χ0n) is 11.4. The number of nitrogens with zero attached hydrogens (tertiary/aromatic N) is 1. The van der Waals surface area contributed by atoms with Crippen molar-refractivity contribution < 1.29 is 9.59 Å². The summed E-state index contributed by atoms with van der Waals surface area (Å²) in [6.45, 7) is 4.49. The molecule has 0 N–H and O–H groups in total. The molecule has 0 aliphatic carbocycles. The van der Waals surface area contributed by atoms with Crippen molar-refractivity contribution in [3.05, 3.63) is 48.2 Å². The van der Waals surface area contributed by atoms with Crippen LogP contribution in [0.3, 0.4) is 0 Å². The molecule has 1 aliphatic heterocycles. The van der Waals surface area contributed by atoms with Gasteiger partial charge in [0.05, 0.1) is 6.54 Å². The van der Waals surface area contributed by atoms with E-state index in [0.29, 0.717) is 18.9 Å². The smallest absolute Gasteiger partial charge is 0.182 e. The second-order valence-electron chi connectivity index (χ2n) is 5.26. The molecule has 1 atom stereocenters. The van der Waals surface area contributed by atoms with E-state index in [1.165, 1.54) is 0 Å². The van der Waals surface area contributed by atoms with Crippen molar-refractivity contribution in [3.8, 4) is 0 Å². The molecule has 1 aliphatic rings. The van der Waals surface area contributed by atoms with Gasteiger partial charge in [-0.2, -0.15) is 0 Å². The summed E-state index contributed by atoms with van der Waals surface area (Å²) in [4.78, 5) is 25.7. The molecule has 0 spiro atoms. The number of carbonyl (C=O) groups excluding carboxylic acids is 2. The molecule has 0 fully saturated rings. The molecular formula is C16H19NO2. The zero-order chi connectivity index (χ0) is 13.8. The predicted molar refractivity (Wildman–Crippen MR) is 74.9 cm³/mol. The van der Waals surface area contributed by atoms with Crippen molar-refractivity contribution in [1.82, 2.24) is 4.90 Å². The van der Waals surface area contributed by atoms with Crippen molar-refractivity contribution in [1.29, 1.82) is 0 Å². The molecule has 0 saturated heterocycles. The fourth-order valence-corrected chi connectivity index (χ4v) is 2.35. The van der Waals surface area contributed by atoms with Crippen molar-refractivity contribution in [3.63, 3.8) is 0 Å². The normalized spacial score (nSPS) is 19.0. The van der Waals surface area contributed by atoms with E-state index < -0.39 is 0 Å². The van der Waals surface area contributed by atoms with Crippen LogP contribution in [0.4, 0.5) is 0 Å². The minimum Gasteiger partial charge on any atom is -0.366 e. The van der Waals surface area contributed by atoms with Crippen LogP contribution >= 0.6 is 0 Å². The molecule has 0 bridgehead atoms. The highest BCUT2D eigenvalue weighted by Crippen LogP contribution is 2.20. The van der Waals surface area contributed by atoms with E-state index in [-0.39, 0.29) is 17.6 Å². The van der Waals surface area contributed by atoms with Gasteiger partial charge in [0.1, 0.15) is 0 Å². The van der Waals surface area contributed by atoms with E-state index in [1.807, 2.05) is 35.2 Å². The third kappa shape index (κ3) is 3.31. The van der Waals surface area contributed by atoms with Gasteiger partial charge in [-0.3, -0.25) is 9.59 Å². The number of ketones is 2. The molecule has 100 valence electrons. The largest absolute Gasteiger partial charge is 0.366 e. The van der Waals surface area contributed by atoms with Crippen LogP contribution in [0.25, 0.3) is 0 Å². The molecular weight excluding hydrogens is 238 g/mol. The molecule has 1 unspecified atom stereocenters. The SMILES string of the molecule is CC(C)C1CC(=O)C=CN1CC(=O)c1ccccc1. The third-order valence-electron chi connectivity index (χ3n) is 3.48. The lowest BCUT2D eigenvalue weighted by molar-refractivity contribution is -0.116. The number of hydrogen-bond acceptors (Lipinski definition) is 3. The van der Waals surface area contributed by atoms with Crippen LogP contribution < -0.4 is 0 Å². The summed E-state index contributed by atoms with van der Waals surface area (Å²) in [7, 11) is 0. The number of allylic oxidation sites excluding steroid dienone is 1. The average Bonchev–Trinajstić information content (AvgIpc) is 2.41. The fourth-order valence-electron chi connectivity index (χ4n) is 2.35. The molecule has 1 aromatic rings. The van der Waals surface area contributed by atoms with Crippen LogP contribution in [0.1, 0.15) is 30.6 Å². The maximum absolute atomic E-state index is 12.2. The van der Waals surface area contributed by atoms with E-state index in [0.717, 1.165) is 5.56 Å². The van der Waals surface area contributed by atoms with E-state index in [2.05, 4.69) is 13.8 Å². The van der Waals surface area contributed by atoms with Crippen LogP contribution in [0.2, 0.25) is 0 Å². The lowest BCUT2D eigenvalue weighted by Gasteiger charge is -2.34. The summed E-state index contributed by atoms with van der Waals surface area (Å²) in [5.74, 6) is 0.574. The number of benzene rings is 1. The molecule has 19 heavy (non-hydrogen) atoms. The third-order valence-corrected chi connectivity index (χ3v) is 3.48. The van der Waals surface area contributed by atoms with Gasteiger partial charge in [0.25, 0.3) is 0 Å². The Morgan fingerprint density at radius 1 is 1.32 bits per heavy atom. The van der Waals surface area contributed by atoms with Gasteiger partial charge in [0, 0.05) is 24.2 Å². The Labute approximate surface area is 113 Å². The molecule has 1 aromatic carbocycles. The fraction of sp³-hybridized carbons (Fsp3) is 0.375. The highest BCUT2D eigenvalue weighted by molar-refractivity contribution is 5.98. The minimum atomic E-state index is 0.0882. The van der Waals surface area contributed by atoms with Crippen LogP contribution in [0, 0.1) is 5.92 Å². The van der Waals surface area contributed by atoms with E-state index in [4.69, 9.17) is 0 Å². The highest BCUT2D eigenvalue weighted by atomic mass is 16.1. The van der Waals surface area contributed by atoms with Gasteiger partial charge < -0.3 is 4.90 Å². The second-order valence-corrected chi connectivity index (χ2v) is 5.26. The topological polar surface area (TPSA) is 37.4 Å². The van der Waals surface area contributed by atoms with Crippen molar-refractivity contribution in [2.45, 2.75) is 26.3 Å². The number of Topliss-reactive ketones (excluding diaryl/α,β-unsaturated/α-hetero) is 1. The first-order valence-electron chi connectivity index (χ1n) is 6.63. The van der Waals surface area contributed by atoms with Crippen molar-refractivity contribution >= 4 is 11.6 Å². The summed E-state index contributed by atoms with van der Waals surface area (Å²) >= 11 is 0. The molecule has 2 rings (SSSR count). The van der Waals surface area contributed by atoms with Crippen LogP contribution in [0.5, 0.6) is 0 Å². The number of hydrogen-bond donors (Lipinski definition) is 0. The van der Waals surface area contributed by atoms with Crippen molar-refractivity contribution in [2.75, 3.05) is 6.54 Å². The first kappa shape index (κ1) is 13.5. The highest BCUT2D eigenvalue weighted by Gasteiger charge is 2.26. The van der Waals surface area contributed by atoms with Crippen molar-refractivity contribution in [2.24, 2.45) is 5.92 Å². The molecule has 0 saturated carbocycles. The summed E-state index contributed by atoms with van der Waals surface area (Å²) < 4.78 is 0. The average molecular weight is 257 g/mol. The second kappa shape index (κ2) is 5.83. The minimum absolute atomic E-state index is 0.0882. The molecule has 0 aromatic heterocycles. The van der Waals surface area contributed by atoms with E-state index in [9.17, 15) is 9.59 Å². The zero-order valence-corrected chi connectivity index (χ0v) is 11.4. The van der Waals surface area contributed by atoms with Gasteiger partial charge in [0.15, 0.2) is 11.6 Å². The Morgan fingerprint density at radius 2 is 2.00 bits per heavy atom. The summed E-state index contributed by atoms with van der Waals surface area (Å²) in [5, 5.41) is 0. The van der Waals surface area contributed by atoms with Gasteiger partial charge >= 0.3 is 0 Å². The van der Waals surface area contributed by atoms with Crippen LogP contribution in [-0.2, 0) is 4.79 Å². The standard InChI is InChI=1S/C16H19NO2/c1-12(2)15-10-14(18)8-9-17(15)11-16(19)13-6-4-3-5-7-13/h3-9,12,15H,10-11H2,1-2H3. The first-order valence-corrected chi connectivity index (χ1v) is 6.63. The molecule has 0 radical (unpaired) electrons. The Kier molecular flexibility index (Phi) is 4.15. The lowest BCUT2D eigenvalue weighted by atomic mass is 9.94. The molecule has 3 heteroatoms. The Balaban J connectivity index is 2.11. The monoisotopic (exact) mass is 257 g/mol. The number of carbonyl (C=O) groups is 2. The summed E-state index contributed by atoms with van der Waals surface area (Å²) in [5.41, 5.74) is 0.718. The van der Waals surface area contributed by atoms with Gasteiger partial charge in [-0.05, 0) is 12.0 Å². The number of rotatable bonds is 4.